The second-order valence-electron chi connectivity index (χ2n) is 6.74. The molecule has 2 aromatic carbocycles. The Morgan fingerprint density at radius 2 is 1.57 bits per heavy atom. The SMILES string of the molecule is NC(=O)c1ccc(N2C=C(C(=O)N3CCCC3)S(=O)(=O)c3ccccc32)cc1. The van der Waals surface area contributed by atoms with E-state index in [-0.39, 0.29) is 9.80 Å². The largest absolute Gasteiger partial charge is 0.366 e. The van der Waals surface area contributed by atoms with Gasteiger partial charge in [-0.15, -0.1) is 0 Å². The molecule has 2 N–H and O–H groups in total. The molecule has 2 amide bonds. The van der Waals surface area contributed by atoms with Crippen molar-refractivity contribution in [3.63, 3.8) is 0 Å². The van der Waals surface area contributed by atoms with E-state index in [0.29, 0.717) is 30.0 Å². The lowest BCUT2D eigenvalue weighted by Crippen LogP contribution is -2.35. The lowest BCUT2D eigenvalue weighted by atomic mass is 10.1. The molecular weight excluding hydrogens is 378 g/mol. The second kappa shape index (κ2) is 6.79. The summed E-state index contributed by atoms with van der Waals surface area (Å²) in [5, 5.41) is 0. The van der Waals surface area contributed by atoms with Crippen molar-refractivity contribution in [3.05, 3.63) is 65.2 Å². The van der Waals surface area contributed by atoms with Crippen molar-refractivity contribution >= 4 is 33.0 Å². The van der Waals surface area contributed by atoms with Crippen LogP contribution in [-0.4, -0.2) is 38.2 Å². The number of hydrogen-bond donors (Lipinski definition) is 1. The Bertz CT molecular complexity index is 1080. The summed E-state index contributed by atoms with van der Waals surface area (Å²) in [6, 6.07) is 13.0. The highest BCUT2D eigenvalue weighted by atomic mass is 32.2. The number of nitrogens with zero attached hydrogens (tertiary/aromatic N) is 2. The predicted molar refractivity (Wildman–Crippen MR) is 105 cm³/mol. The van der Waals surface area contributed by atoms with Gasteiger partial charge in [-0.05, 0) is 49.2 Å². The molecule has 2 aliphatic heterocycles. The Morgan fingerprint density at radius 1 is 0.929 bits per heavy atom. The first-order valence-electron chi connectivity index (χ1n) is 8.94. The van der Waals surface area contributed by atoms with Gasteiger partial charge in [-0.3, -0.25) is 9.59 Å². The number of amides is 2. The topological polar surface area (TPSA) is 101 Å². The highest BCUT2D eigenvalue weighted by Crippen LogP contribution is 2.40. The smallest absolute Gasteiger partial charge is 0.267 e. The van der Waals surface area contributed by atoms with Crippen LogP contribution in [0.5, 0.6) is 0 Å². The summed E-state index contributed by atoms with van der Waals surface area (Å²) >= 11 is 0. The number of primary amides is 1. The first-order chi connectivity index (χ1) is 13.4. The Balaban J connectivity index is 1.84. The molecule has 144 valence electrons. The van der Waals surface area contributed by atoms with E-state index in [1.165, 1.54) is 12.3 Å². The third-order valence-electron chi connectivity index (χ3n) is 4.98. The highest BCUT2D eigenvalue weighted by Gasteiger charge is 2.38. The van der Waals surface area contributed by atoms with Crippen LogP contribution in [0.15, 0.2) is 64.5 Å². The van der Waals surface area contributed by atoms with Crippen LogP contribution in [0.4, 0.5) is 11.4 Å². The zero-order chi connectivity index (χ0) is 19.9. The minimum absolute atomic E-state index is 0.0824. The molecule has 0 saturated carbocycles. The monoisotopic (exact) mass is 397 g/mol. The van der Waals surface area contributed by atoms with Crippen LogP contribution in [0.1, 0.15) is 23.2 Å². The van der Waals surface area contributed by atoms with Gasteiger partial charge in [0.2, 0.25) is 15.7 Å². The van der Waals surface area contributed by atoms with Crippen LogP contribution in [-0.2, 0) is 14.6 Å². The maximum Gasteiger partial charge on any atom is 0.267 e. The summed E-state index contributed by atoms with van der Waals surface area (Å²) in [4.78, 5) is 27.3. The van der Waals surface area contributed by atoms with Gasteiger partial charge in [0.05, 0.1) is 10.6 Å². The van der Waals surface area contributed by atoms with Gasteiger partial charge in [-0.2, -0.15) is 0 Å². The van der Waals surface area contributed by atoms with Gasteiger partial charge in [-0.1, -0.05) is 12.1 Å². The number of benzene rings is 2. The van der Waals surface area contributed by atoms with E-state index >= 15 is 0 Å². The highest BCUT2D eigenvalue weighted by molar-refractivity contribution is 7.96. The molecule has 28 heavy (non-hydrogen) atoms. The molecule has 0 aliphatic carbocycles. The molecule has 1 fully saturated rings. The van der Waals surface area contributed by atoms with Crippen LogP contribution in [0, 0.1) is 0 Å². The Labute approximate surface area is 163 Å². The quantitative estimate of drug-likeness (QED) is 0.855. The second-order valence-corrected chi connectivity index (χ2v) is 8.63. The van der Waals surface area contributed by atoms with Gasteiger partial charge in [0.1, 0.15) is 0 Å². The average Bonchev–Trinajstić information content (AvgIpc) is 3.23. The van der Waals surface area contributed by atoms with E-state index in [9.17, 15) is 18.0 Å². The third-order valence-corrected chi connectivity index (χ3v) is 6.77. The third kappa shape index (κ3) is 2.95. The molecular formula is C20H19N3O4S. The van der Waals surface area contributed by atoms with Crippen molar-refractivity contribution in [1.82, 2.24) is 4.90 Å². The molecule has 0 radical (unpaired) electrons. The van der Waals surface area contributed by atoms with Gasteiger partial charge in [-0.25, -0.2) is 8.42 Å². The van der Waals surface area contributed by atoms with Gasteiger partial charge in [0, 0.05) is 30.5 Å². The number of anilines is 2. The van der Waals surface area contributed by atoms with Crippen LogP contribution in [0.2, 0.25) is 0 Å². The molecule has 4 rings (SSSR count). The predicted octanol–water partition coefficient (Wildman–Crippen LogP) is 2.17. The summed E-state index contributed by atoms with van der Waals surface area (Å²) in [7, 11) is -3.93. The summed E-state index contributed by atoms with van der Waals surface area (Å²) in [6.45, 7) is 1.11. The summed E-state index contributed by atoms with van der Waals surface area (Å²) in [6.07, 6.45) is 3.11. The number of sulfone groups is 1. The summed E-state index contributed by atoms with van der Waals surface area (Å²) in [5.41, 5.74) is 6.71. The molecule has 0 bridgehead atoms. The number of likely N-dealkylation sites (tertiary alicyclic amines) is 1. The molecule has 0 aromatic heterocycles. The first kappa shape index (κ1) is 18.2. The number of rotatable bonds is 3. The van der Waals surface area contributed by atoms with E-state index in [0.717, 1.165) is 12.8 Å². The van der Waals surface area contributed by atoms with Crippen LogP contribution in [0.3, 0.4) is 0 Å². The van der Waals surface area contributed by atoms with Crippen molar-refractivity contribution in [2.75, 3.05) is 18.0 Å². The molecule has 1 saturated heterocycles. The van der Waals surface area contributed by atoms with Crippen molar-refractivity contribution < 1.29 is 18.0 Å². The lowest BCUT2D eigenvalue weighted by Gasteiger charge is -2.30. The van der Waals surface area contributed by atoms with Crippen LogP contribution in [0.25, 0.3) is 0 Å². The fourth-order valence-corrected chi connectivity index (χ4v) is 5.04. The minimum atomic E-state index is -3.93. The van der Waals surface area contributed by atoms with Crippen molar-refractivity contribution in [3.8, 4) is 0 Å². The molecule has 0 unspecified atom stereocenters. The van der Waals surface area contributed by atoms with E-state index in [4.69, 9.17) is 5.73 Å². The van der Waals surface area contributed by atoms with Crippen molar-refractivity contribution in [2.24, 2.45) is 5.73 Å². The maximum absolute atomic E-state index is 13.1. The summed E-state index contributed by atoms with van der Waals surface area (Å²) < 4.78 is 26.2. The fourth-order valence-electron chi connectivity index (χ4n) is 3.50. The van der Waals surface area contributed by atoms with E-state index in [2.05, 4.69) is 0 Å². The Kier molecular flexibility index (Phi) is 4.43. The van der Waals surface area contributed by atoms with E-state index in [1.807, 2.05) is 0 Å². The molecule has 0 spiro atoms. The molecule has 8 heteroatoms. The van der Waals surface area contributed by atoms with Gasteiger partial charge >= 0.3 is 0 Å². The molecule has 2 aromatic rings. The van der Waals surface area contributed by atoms with E-state index in [1.54, 1.807) is 52.3 Å². The van der Waals surface area contributed by atoms with Gasteiger partial charge < -0.3 is 15.5 Å². The molecule has 0 atom stereocenters. The van der Waals surface area contributed by atoms with Gasteiger partial charge in [0.15, 0.2) is 4.91 Å². The Hall–Kier alpha value is -3.13. The fraction of sp³-hybridized carbons (Fsp3) is 0.200. The Morgan fingerprint density at radius 3 is 2.21 bits per heavy atom. The average molecular weight is 397 g/mol. The molecule has 2 aliphatic rings. The normalized spacial score (nSPS) is 17.8. The zero-order valence-electron chi connectivity index (χ0n) is 15.0. The van der Waals surface area contributed by atoms with Crippen molar-refractivity contribution in [1.29, 1.82) is 0 Å². The van der Waals surface area contributed by atoms with Crippen LogP contribution < -0.4 is 10.6 Å². The number of fused-ring (bicyclic) bond motifs is 1. The maximum atomic E-state index is 13.1. The summed E-state index contributed by atoms with van der Waals surface area (Å²) in [5.74, 6) is -1.03. The lowest BCUT2D eigenvalue weighted by molar-refractivity contribution is -0.125. The molecule has 2 heterocycles. The number of carbonyl (C=O) groups is 2. The van der Waals surface area contributed by atoms with Gasteiger partial charge in [0.25, 0.3) is 5.91 Å². The zero-order valence-corrected chi connectivity index (χ0v) is 15.9. The number of nitrogens with two attached hydrogens (primary N) is 1. The van der Waals surface area contributed by atoms with Crippen LogP contribution >= 0.6 is 0 Å². The number of para-hydroxylation sites is 1. The standard InChI is InChI=1S/C20H19N3O4S/c21-19(24)14-7-9-15(10-8-14)23-13-18(20(25)22-11-3-4-12-22)28(26,27)17-6-2-1-5-16(17)23/h1-2,5-10,13H,3-4,11-12H2,(H2,21,24). The minimum Gasteiger partial charge on any atom is -0.366 e. The van der Waals surface area contributed by atoms with E-state index < -0.39 is 21.7 Å². The van der Waals surface area contributed by atoms with Crippen molar-refractivity contribution in [2.45, 2.75) is 17.7 Å². The number of hydrogen-bond acceptors (Lipinski definition) is 5. The first-order valence-corrected chi connectivity index (χ1v) is 10.4. The molecule has 7 nitrogen and oxygen atoms in total. The number of carbonyl (C=O) groups excluding carboxylic acids is 2.